The zero-order chi connectivity index (χ0) is 12.2. The zero-order valence-electron chi connectivity index (χ0n) is 8.69. The number of piperidine rings is 1. The molecule has 1 aliphatic rings. The van der Waals surface area contributed by atoms with Crippen LogP contribution in [0.2, 0.25) is 0 Å². The fourth-order valence-electron chi connectivity index (χ4n) is 1.48. The van der Waals surface area contributed by atoms with E-state index in [4.69, 9.17) is 0 Å². The lowest BCUT2D eigenvalue weighted by Gasteiger charge is -2.32. The van der Waals surface area contributed by atoms with Crippen molar-refractivity contribution in [2.75, 3.05) is 26.3 Å². The van der Waals surface area contributed by atoms with Crippen molar-refractivity contribution < 1.29 is 27.4 Å². The van der Waals surface area contributed by atoms with Crippen LogP contribution in [0.1, 0.15) is 12.8 Å². The van der Waals surface area contributed by atoms with Gasteiger partial charge in [0.2, 0.25) is 0 Å². The molecule has 0 amide bonds. The van der Waals surface area contributed by atoms with E-state index in [-0.39, 0.29) is 6.61 Å². The molecule has 0 aromatic rings. The van der Waals surface area contributed by atoms with Gasteiger partial charge >= 0.3 is 12.3 Å². The number of hydrogen-bond donors (Lipinski definition) is 2. The lowest BCUT2D eigenvalue weighted by molar-refractivity contribution is -0.180. The van der Waals surface area contributed by atoms with Crippen LogP contribution in [0.3, 0.4) is 0 Å². The number of ether oxygens (including phenoxy) is 1. The Morgan fingerprint density at radius 3 is 2.38 bits per heavy atom. The third-order valence-electron chi connectivity index (χ3n) is 2.52. The Morgan fingerprint density at radius 1 is 1.31 bits per heavy atom. The van der Waals surface area contributed by atoms with Gasteiger partial charge in [0.15, 0.2) is 0 Å². The molecular formula is C9H15F4NO2. The first kappa shape index (κ1) is 13.7. The first-order chi connectivity index (χ1) is 7.36. The fourth-order valence-corrected chi connectivity index (χ4v) is 1.48. The van der Waals surface area contributed by atoms with Gasteiger partial charge in [0.25, 0.3) is 0 Å². The molecule has 1 saturated heterocycles. The molecule has 96 valence electrons. The van der Waals surface area contributed by atoms with Crippen molar-refractivity contribution in [1.82, 2.24) is 5.32 Å². The molecule has 16 heavy (non-hydrogen) atoms. The smallest absolute Gasteiger partial charge is 0.330 e. The van der Waals surface area contributed by atoms with Crippen LogP contribution in [0.25, 0.3) is 0 Å². The molecular weight excluding hydrogens is 230 g/mol. The molecule has 0 bridgehead atoms. The van der Waals surface area contributed by atoms with Crippen LogP contribution in [0.5, 0.6) is 0 Å². The van der Waals surface area contributed by atoms with Gasteiger partial charge in [-0.1, -0.05) is 0 Å². The Hall–Kier alpha value is -0.400. The summed E-state index contributed by atoms with van der Waals surface area (Å²) >= 11 is 0. The molecule has 7 heteroatoms. The minimum Gasteiger partial charge on any atom is -0.387 e. The Balaban J connectivity index is 2.29. The highest BCUT2D eigenvalue weighted by Gasteiger charge is 2.42. The maximum Gasteiger partial charge on any atom is 0.330 e. The molecule has 0 spiro atoms. The molecule has 1 aliphatic heterocycles. The summed E-state index contributed by atoms with van der Waals surface area (Å²) < 4.78 is 52.9. The standard InChI is InChI=1S/C9H15F4NO2/c10-7(11)9(12,13)6-16-5-8(15)1-3-14-4-2-8/h7,14-15H,1-6H2. The van der Waals surface area contributed by atoms with E-state index >= 15 is 0 Å². The van der Waals surface area contributed by atoms with E-state index in [0.29, 0.717) is 25.9 Å². The summed E-state index contributed by atoms with van der Waals surface area (Å²) in [6, 6.07) is 0. The highest BCUT2D eigenvalue weighted by molar-refractivity contribution is 4.84. The van der Waals surface area contributed by atoms with Crippen LogP contribution in [0, 0.1) is 0 Å². The Kier molecular flexibility index (Phi) is 4.52. The first-order valence-corrected chi connectivity index (χ1v) is 5.03. The second-order valence-corrected chi connectivity index (χ2v) is 4.03. The molecule has 0 aromatic carbocycles. The van der Waals surface area contributed by atoms with E-state index in [0.717, 1.165) is 0 Å². The summed E-state index contributed by atoms with van der Waals surface area (Å²) in [5, 5.41) is 12.8. The van der Waals surface area contributed by atoms with Crippen LogP contribution in [0.15, 0.2) is 0 Å². The van der Waals surface area contributed by atoms with E-state index in [2.05, 4.69) is 10.1 Å². The zero-order valence-corrected chi connectivity index (χ0v) is 8.69. The van der Waals surface area contributed by atoms with Gasteiger partial charge < -0.3 is 15.2 Å². The molecule has 0 aliphatic carbocycles. The monoisotopic (exact) mass is 245 g/mol. The molecule has 0 radical (unpaired) electrons. The van der Waals surface area contributed by atoms with E-state index in [9.17, 15) is 22.7 Å². The van der Waals surface area contributed by atoms with Crippen molar-refractivity contribution in [2.24, 2.45) is 0 Å². The number of halogens is 4. The van der Waals surface area contributed by atoms with Crippen molar-refractivity contribution in [1.29, 1.82) is 0 Å². The quantitative estimate of drug-likeness (QED) is 0.710. The van der Waals surface area contributed by atoms with Crippen LogP contribution in [0.4, 0.5) is 17.6 Å². The molecule has 0 unspecified atom stereocenters. The number of aliphatic hydroxyl groups is 1. The second kappa shape index (κ2) is 5.29. The van der Waals surface area contributed by atoms with E-state index in [1.807, 2.05) is 0 Å². The van der Waals surface area contributed by atoms with Gasteiger partial charge in [-0.05, 0) is 25.9 Å². The number of nitrogens with one attached hydrogen (secondary N) is 1. The van der Waals surface area contributed by atoms with Crippen LogP contribution < -0.4 is 5.32 Å². The van der Waals surface area contributed by atoms with E-state index in [1.165, 1.54) is 0 Å². The average molecular weight is 245 g/mol. The summed E-state index contributed by atoms with van der Waals surface area (Å²) in [4.78, 5) is 0. The molecule has 0 atom stereocenters. The lowest BCUT2D eigenvalue weighted by atomic mass is 9.94. The minimum absolute atomic E-state index is 0.336. The Labute approximate surface area is 90.8 Å². The summed E-state index contributed by atoms with van der Waals surface area (Å²) in [5.74, 6) is -4.15. The maximum absolute atomic E-state index is 12.5. The minimum atomic E-state index is -4.15. The summed E-state index contributed by atoms with van der Waals surface area (Å²) in [7, 11) is 0. The molecule has 3 nitrogen and oxygen atoms in total. The highest BCUT2D eigenvalue weighted by atomic mass is 19.3. The highest BCUT2D eigenvalue weighted by Crippen LogP contribution is 2.24. The Morgan fingerprint density at radius 2 is 1.88 bits per heavy atom. The molecule has 0 saturated carbocycles. The molecule has 0 aromatic heterocycles. The van der Waals surface area contributed by atoms with Crippen LogP contribution in [-0.4, -0.2) is 49.4 Å². The normalized spacial score (nSPS) is 21.4. The largest absolute Gasteiger partial charge is 0.387 e. The van der Waals surface area contributed by atoms with Gasteiger partial charge in [0.05, 0.1) is 12.2 Å². The lowest BCUT2D eigenvalue weighted by Crippen LogP contribution is -2.46. The topological polar surface area (TPSA) is 41.5 Å². The summed E-state index contributed by atoms with van der Waals surface area (Å²) in [5.41, 5.74) is -1.18. The Bertz CT molecular complexity index is 220. The van der Waals surface area contributed by atoms with Gasteiger partial charge in [-0.25, -0.2) is 8.78 Å². The molecule has 1 rings (SSSR count). The summed E-state index contributed by atoms with van der Waals surface area (Å²) in [6.45, 7) is -0.576. The number of hydrogen-bond acceptors (Lipinski definition) is 3. The third-order valence-corrected chi connectivity index (χ3v) is 2.52. The van der Waals surface area contributed by atoms with E-state index < -0.39 is 24.6 Å². The van der Waals surface area contributed by atoms with Crippen LogP contribution >= 0.6 is 0 Å². The van der Waals surface area contributed by atoms with Gasteiger partial charge in [0, 0.05) is 0 Å². The molecule has 2 N–H and O–H groups in total. The van der Waals surface area contributed by atoms with Crippen molar-refractivity contribution in [3.8, 4) is 0 Å². The molecule has 1 heterocycles. The van der Waals surface area contributed by atoms with Crippen molar-refractivity contribution in [3.63, 3.8) is 0 Å². The average Bonchev–Trinajstić information content (AvgIpc) is 2.17. The van der Waals surface area contributed by atoms with E-state index in [1.54, 1.807) is 0 Å². The summed E-state index contributed by atoms with van der Waals surface area (Å²) in [6.07, 6.45) is -3.00. The van der Waals surface area contributed by atoms with Crippen molar-refractivity contribution in [3.05, 3.63) is 0 Å². The van der Waals surface area contributed by atoms with Crippen LogP contribution in [-0.2, 0) is 4.74 Å². The fraction of sp³-hybridized carbons (Fsp3) is 1.00. The predicted molar refractivity (Wildman–Crippen MR) is 48.8 cm³/mol. The van der Waals surface area contributed by atoms with Crippen molar-refractivity contribution in [2.45, 2.75) is 30.8 Å². The second-order valence-electron chi connectivity index (χ2n) is 4.03. The maximum atomic E-state index is 12.5. The number of rotatable bonds is 5. The van der Waals surface area contributed by atoms with Gasteiger partial charge in [0.1, 0.15) is 6.61 Å². The molecule has 1 fully saturated rings. The SMILES string of the molecule is OC1(COCC(F)(F)C(F)F)CCNCC1. The first-order valence-electron chi connectivity index (χ1n) is 5.03. The van der Waals surface area contributed by atoms with Gasteiger partial charge in [-0.2, -0.15) is 8.78 Å². The van der Waals surface area contributed by atoms with Crippen molar-refractivity contribution >= 4 is 0 Å². The number of alkyl halides is 4. The third kappa shape index (κ3) is 3.88. The van der Waals surface area contributed by atoms with Gasteiger partial charge in [-0.15, -0.1) is 0 Å². The predicted octanol–water partition coefficient (Wildman–Crippen LogP) is 1.02. The van der Waals surface area contributed by atoms with Gasteiger partial charge in [-0.3, -0.25) is 0 Å².